The van der Waals surface area contributed by atoms with Crippen molar-refractivity contribution in [2.24, 2.45) is 0 Å². The molecule has 1 aromatic rings. The molecular weight excluding hydrogens is 286 g/mol. The number of nitrogens with one attached hydrogen (secondary N) is 1. The Morgan fingerprint density at radius 2 is 1.86 bits per heavy atom. The van der Waals surface area contributed by atoms with Crippen molar-refractivity contribution in [3.05, 3.63) is 29.6 Å². The highest BCUT2D eigenvalue weighted by atomic mass is 19.4. The van der Waals surface area contributed by atoms with Gasteiger partial charge in [0.2, 0.25) is 0 Å². The zero-order valence-corrected chi connectivity index (χ0v) is 11.7. The van der Waals surface area contributed by atoms with E-state index in [1.807, 2.05) is 0 Å². The second kappa shape index (κ2) is 7.11. The van der Waals surface area contributed by atoms with Crippen LogP contribution in [0.3, 0.4) is 0 Å². The number of rotatable bonds is 5. The summed E-state index contributed by atoms with van der Waals surface area (Å²) in [5.41, 5.74) is -1.29. The monoisotopic (exact) mass is 305 g/mol. The third-order valence-corrected chi connectivity index (χ3v) is 3.65. The van der Waals surface area contributed by atoms with Gasteiger partial charge in [0.15, 0.2) is 0 Å². The minimum Gasteiger partial charge on any atom is -0.492 e. The van der Waals surface area contributed by atoms with E-state index in [1.165, 1.54) is 25.3 Å². The minimum absolute atomic E-state index is 0.0363. The van der Waals surface area contributed by atoms with E-state index in [0.717, 1.165) is 18.9 Å². The van der Waals surface area contributed by atoms with Gasteiger partial charge in [0.1, 0.15) is 18.2 Å². The summed E-state index contributed by atoms with van der Waals surface area (Å²) >= 11 is 0. The SMILES string of the molecule is Fc1ccc(OCCNC2CCCCC2)cc1C(F)(F)F. The van der Waals surface area contributed by atoms with E-state index in [-0.39, 0.29) is 12.4 Å². The second-order valence-corrected chi connectivity index (χ2v) is 5.28. The van der Waals surface area contributed by atoms with Gasteiger partial charge in [-0.3, -0.25) is 0 Å². The topological polar surface area (TPSA) is 21.3 Å². The van der Waals surface area contributed by atoms with Crippen LogP contribution in [-0.4, -0.2) is 19.2 Å². The first-order valence-corrected chi connectivity index (χ1v) is 7.20. The summed E-state index contributed by atoms with van der Waals surface area (Å²) in [5, 5.41) is 3.33. The Labute approximate surface area is 121 Å². The Bertz CT molecular complexity index is 455. The van der Waals surface area contributed by atoms with E-state index in [9.17, 15) is 17.6 Å². The first kappa shape index (κ1) is 16.1. The average molecular weight is 305 g/mol. The van der Waals surface area contributed by atoms with Crippen LogP contribution in [0.5, 0.6) is 5.75 Å². The first-order chi connectivity index (χ1) is 9.97. The number of alkyl halides is 3. The van der Waals surface area contributed by atoms with Crippen molar-refractivity contribution in [1.29, 1.82) is 0 Å². The molecule has 0 aromatic heterocycles. The quantitative estimate of drug-likeness (QED) is 0.652. The maximum atomic E-state index is 13.1. The number of halogens is 4. The summed E-state index contributed by atoms with van der Waals surface area (Å²) in [7, 11) is 0. The molecular formula is C15H19F4NO. The molecule has 1 N–H and O–H groups in total. The van der Waals surface area contributed by atoms with Gasteiger partial charge in [0, 0.05) is 12.6 Å². The van der Waals surface area contributed by atoms with E-state index in [0.29, 0.717) is 18.7 Å². The Morgan fingerprint density at radius 1 is 1.14 bits per heavy atom. The van der Waals surface area contributed by atoms with Crippen LogP contribution >= 0.6 is 0 Å². The van der Waals surface area contributed by atoms with Crippen molar-refractivity contribution in [1.82, 2.24) is 5.32 Å². The normalized spacial score (nSPS) is 17.0. The molecule has 0 heterocycles. The van der Waals surface area contributed by atoms with Gasteiger partial charge < -0.3 is 10.1 Å². The molecule has 0 atom stereocenters. The van der Waals surface area contributed by atoms with Crippen LogP contribution in [0, 0.1) is 5.82 Å². The minimum atomic E-state index is -4.70. The Morgan fingerprint density at radius 3 is 2.52 bits per heavy atom. The fourth-order valence-corrected chi connectivity index (χ4v) is 2.55. The van der Waals surface area contributed by atoms with Crippen molar-refractivity contribution in [2.75, 3.05) is 13.2 Å². The van der Waals surface area contributed by atoms with E-state index in [4.69, 9.17) is 4.74 Å². The molecule has 0 unspecified atom stereocenters. The lowest BCUT2D eigenvalue weighted by molar-refractivity contribution is -0.140. The third kappa shape index (κ3) is 4.88. The summed E-state index contributed by atoms with van der Waals surface area (Å²) in [6.45, 7) is 0.836. The number of hydrogen-bond acceptors (Lipinski definition) is 2. The predicted molar refractivity (Wildman–Crippen MR) is 71.8 cm³/mol. The van der Waals surface area contributed by atoms with Gasteiger partial charge in [-0.15, -0.1) is 0 Å². The van der Waals surface area contributed by atoms with Gasteiger partial charge in [-0.05, 0) is 31.0 Å². The van der Waals surface area contributed by atoms with Crippen LogP contribution in [0.1, 0.15) is 37.7 Å². The van der Waals surface area contributed by atoms with Crippen molar-refractivity contribution < 1.29 is 22.3 Å². The molecule has 2 nitrogen and oxygen atoms in total. The predicted octanol–water partition coefficient (Wildman–Crippen LogP) is 4.15. The van der Waals surface area contributed by atoms with Crippen LogP contribution < -0.4 is 10.1 Å². The number of benzene rings is 1. The van der Waals surface area contributed by atoms with Gasteiger partial charge in [-0.1, -0.05) is 19.3 Å². The molecule has 0 radical (unpaired) electrons. The van der Waals surface area contributed by atoms with Crippen molar-refractivity contribution in [2.45, 2.75) is 44.3 Å². The standard InChI is InChI=1S/C15H19F4NO/c16-14-7-6-12(10-13(14)15(17,18)19)21-9-8-20-11-4-2-1-3-5-11/h6-7,10-11,20H,1-5,8-9H2. The smallest absolute Gasteiger partial charge is 0.419 e. The lowest BCUT2D eigenvalue weighted by Gasteiger charge is -2.22. The molecule has 1 aliphatic carbocycles. The molecule has 0 bridgehead atoms. The largest absolute Gasteiger partial charge is 0.492 e. The van der Waals surface area contributed by atoms with Crippen molar-refractivity contribution in [3.63, 3.8) is 0 Å². The Balaban J connectivity index is 1.80. The van der Waals surface area contributed by atoms with Crippen LogP contribution in [0.15, 0.2) is 18.2 Å². The number of hydrogen-bond donors (Lipinski definition) is 1. The molecule has 6 heteroatoms. The lowest BCUT2D eigenvalue weighted by Crippen LogP contribution is -2.34. The third-order valence-electron chi connectivity index (χ3n) is 3.65. The maximum absolute atomic E-state index is 13.1. The molecule has 0 spiro atoms. The van der Waals surface area contributed by atoms with E-state index in [2.05, 4.69) is 5.32 Å². The highest BCUT2D eigenvalue weighted by molar-refractivity contribution is 5.31. The highest BCUT2D eigenvalue weighted by Crippen LogP contribution is 2.33. The van der Waals surface area contributed by atoms with Crippen LogP contribution in [0.2, 0.25) is 0 Å². The van der Waals surface area contributed by atoms with Crippen molar-refractivity contribution >= 4 is 0 Å². The average Bonchev–Trinajstić information content (AvgIpc) is 2.45. The fourth-order valence-electron chi connectivity index (χ4n) is 2.55. The summed E-state index contributed by atoms with van der Waals surface area (Å²) in [6.07, 6.45) is 1.26. The summed E-state index contributed by atoms with van der Waals surface area (Å²) in [6, 6.07) is 3.18. The summed E-state index contributed by atoms with van der Waals surface area (Å²) < 4.78 is 56.0. The molecule has 0 amide bonds. The van der Waals surface area contributed by atoms with Crippen LogP contribution in [0.25, 0.3) is 0 Å². The zero-order valence-electron chi connectivity index (χ0n) is 11.7. The summed E-state index contributed by atoms with van der Waals surface area (Å²) in [5.74, 6) is -1.25. The first-order valence-electron chi connectivity index (χ1n) is 7.20. The van der Waals surface area contributed by atoms with Gasteiger partial charge in [0.05, 0.1) is 5.56 Å². The maximum Gasteiger partial charge on any atom is 0.419 e. The van der Waals surface area contributed by atoms with Gasteiger partial charge in [-0.25, -0.2) is 4.39 Å². The molecule has 0 saturated heterocycles. The van der Waals surface area contributed by atoms with Gasteiger partial charge >= 0.3 is 6.18 Å². The lowest BCUT2D eigenvalue weighted by atomic mass is 9.96. The van der Waals surface area contributed by atoms with E-state index < -0.39 is 17.6 Å². The molecule has 1 aliphatic rings. The van der Waals surface area contributed by atoms with Crippen LogP contribution in [-0.2, 0) is 6.18 Å². The van der Waals surface area contributed by atoms with Crippen LogP contribution in [0.4, 0.5) is 17.6 Å². The molecule has 0 aliphatic heterocycles. The fraction of sp³-hybridized carbons (Fsp3) is 0.600. The van der Waals surface area contributed by atoms with Crippen molar-refractivity contribution in [3.8, 4) is 5.75 Å². The van der Waals surface area contributed by atoms with Gasteiger partial charge in [-0.2, -0.15) is 13.2 Å². The molecule has 1 aromatic carbocycles. The number of ether oxygens (including phenoxy) is 1. The molecule has 21 heavy (non-hydrogen) atoms. The van der Waals surface area contributed by atoms with E-state index >= 15 is 0 Å². The molecule has 118 valence electrons. The summed E-state index contributed by atoms with van der Waals surface area (Å²) in [4.78, 5) is 0. The molecule has 1 saturated carbocycles. The van der Waals surface area contributed by atoms with E-state index in [1.54, 1.807) is 0 Å². The zero-order chi connectivity index (χ0) is 15.3. The second-order valence-electron chi connectivity index (χ2n) is 5.28. The van der Waals surface area contributed by atoms with Gasteiger partial charge in [0.25, 0.3) is 0 Å². The Kier molecular flexibility index (Phi) is 5.45. The molecule has 1 fully saturated rings. The Hall–Kier alpha value is -1.30. The molecule has 2 rings (SSSR count). The highest BCUT2D eigenvalue weighted by Gasteiger charge is 2.34.